The van der Waals surface area contributed by atoms with Crippen LogP contribution in [0.1, 0.15) is 10.4 Å². The number of hydrogen-bond acceptors (Lipinski definition) is 1. The second-order valence-corrected chi connectivity index (χ2v) is 5.20. The summed E-state index contributed by atoms with van der Waals surface area (Å²) in [5.41, 5.74) is 0.331. The Bertz CT molecular complexity index is 295. The average molecular weight is 290 g/mol. The highest BCUT2D eigenvalue weighted by Crippen LogP contribution is 2.26. The number of rotatable bonds is 1. The summed E-state index contributed by atoms with van der Waals surface area (Å²) < 4.78 is -1.28. The van der Waals surface area contributed by atoms with E-state index in [0.29, 0.717) is 5.56 Å². The van der Waals surface area contributed by atoms with Gasteiger partial charge in [0, 0.05) is 0 Å². The number of carboxylic acids is 1. The fourth-order valence-electron chi connectivity index (χ4n) is 0.581. The van der Waals surface area contributed by atoms with Crippen LogP contribution in [0.15, 0.2) is 30.3 Å². The van der Waals surface area contributed by atoms with Gasteiger partial charge in [-0.05, 0) is 12.1 Å². The maximum absolute atomic E-state index is 10.2. The Kier molecular flexibility index (Phi) is 7.11. The molecule has 6 heteroatoms. The molecule has 0 bridgehead atoms. The van der Waals surface area contributed by atoms with Crippen molar-refractivity contribution in [1.29, 1.82) is 0 Å². The molecule has 0 atom stereocenters. The highest BCUT2D eigenvalue weighted by molar-refractivity contribution is 6.69. The van der Waals surface area contributed by atoms with E-state index in [1.54, 1.807) is 30.3 Å². The van der Waals surface area contributed by atoms with E-state index in [0.717, 1.165) is 0 Å². The van der Waals surface area contributed by atoms with E-state index in [9.17, 15) is 4.79 Å². The maximum atomic E-state index is 10.2. The molecule has 0 saturated carbocycles. The molecule has 1 aromatic rings. The van der Waals surface area contributed by atoms with Crippen LogP contribution in [-0.2, 0) is 0 Å². The van der Waals surface area contributed by atoms with Crippen LogP contribution in [0.5, 0.6) is 0 Å². The fraction of sp³-hybridized carbons (Fsp3) is 0.222. The minimum Gasteiger partial charge on any atom is -0.478 e. The van der Waals surface area contributed by atoms with Gasteiger partial charge in [-0.15, -0.1) is 11.6 Å². The summed E-state index contributed by atoms with van der Waals surface area (Å²) in [5.74, 6) is -0.840. The Balaban J connectivity index is 0.000000288. The van der Waals surface area contributed by atoms with Gasteiger partial charge >= 0.3 is 5.97 Å². The third kappa shape index (κ3) is 8.82. The predicted molar refractivity (Wildman–Crippen MR) is 64.4 cm³/mol. The molecule has 0 heterocycles. The SMILES string of the molecule is ClCC(Cl)(Cl)Cl.O=C(O)c1ccccc1. The number of hydrogen-bond donors (Lipinski definition) is 1. The molecule has 1 rings (SSSR count). The molecular weight excluding hydrogens is 282 g/mol. The molecule has 0 unspecified atom stereocenters. The molecule has 0 spiro atoms. The van der Waals surface area contributed by atoms with Crippen molar-refractivity contribution in [1.82, 2.24) is 0 Å². The number of aromatic carboxylic acids is 1. The van der Waals surface area contributed by atoms with E-state index in [-0.39, 0.29) is 5.88 Å². The Morgan fingerprint density at radius 1 is 1.20 bits per heavy atom. The van der Waals surface area contributed by atoms with E-state index < -0.39 is 9.76 Å². The largest absolute Gasteiger partial charge is 0.478 e. The Labute approximate surface area is 108 Å². The number of halogens is 4. The molecule has 0 aromatic heterocycles. The number of benzene rings is 1. The van der Waals surface area contributed by atoms with Crippen molar-refractivity contribution >= 4 is 52.4 Å². The molecule has 0 radical (unpaired) electrons. The first-order valence-electron chi connectivity index (χ1n) is 3.78. The molecule has 0 aliphatic rings. The van der Waals surface area contributed by atoms with Gasteiger partial charge in [0.2, 0.25) is 3.79 Å². The molecule has 0 saturated heterocycles. The Morgan fingerprint density at radius 3 is 1.80 bits per heavy atom. The normalized spacial score (nSPS) is 10.1. The quantitative estimate of drug-likeness (QED) is 0.794. The highest BCUT2D eigenvalue weighted by atomic mass is 35.6. The first-order chi connectivity index (χ1) is 6.87. The third-order valence-electron chi connectivity index (χ3n) is 1.17. The molecule has 0 aliphatic heterocycles. The lowest BCUT2D eigenvalue weighted by Gasteiger charge is -2.00. The van der Waals surface area contributed by atoms with Crippen molar-refractivity contribution in [2.24, 2.45) is 0 Å². The molecule has 0 fully saturated rings. The van der Waals surface area contributed by atoms with Gasteiger partial charge in [0.15, 0.2) is 0 Å². The standard InChI is InChI=1S/C7H6O2.C2H2Cl4/c8-7(9)6-4-2-1-3-5-6;3-1-2(4,5)6/h1-5H,(H,8,9);1H2. The number of carbonyl (C=O) groups is 1. The molecule has 15 heavy (non-hydrogen) atoms. The van der Waals surface area contributed by atoms with Crippen molar-refractivity contribution < 1.29 is 9.90 Å². The van der Waals surface area contributed by atoms with Gasteiger partial charge < -0.3 is 5.11 Å². The maximum Gasteiger partial charge on any atom is 0.335 e. The van der Waals surface area contributed by atoms with E-state index in [4.69, 9.17) is 51.5 Å². The molecule has 84 valence electrons. The lowest BCUT2D eigenvalue weighted by Crippen LogP contribution is -2.01. The summed E-state index contributed by atoms with van der Waals surface area (Å²) in [5, 5.41) is 8.38. The molecule has 1 aromatic carbocycles. The molecule has 0 amide bonds. The lowest BCUT2D eigenvalue weighted by molar-refractivity contribution is 0.0697. The Hall–Kier alpha value is -0.150. The van der Waals surface area contributed by atoms with Gasteiger partial charge in [0.1, 0.15) is 0 Å². The topological polar surface area (TPSA) is 37.3 Å². The summed E-state index contributed by atoms with van der Waals surface area (Å²) in [6.45, 7) is 0. The lowest BCUT2D eigenvalue weighted by atomic mass is 10.2. The van der Waals surface area contributed by atoms with Crippen LogP contribution in [0.2, 0.25) is 0 Å². The monoisotopic (exact) mass is 288 g/mol. The second kappa shape index (κ2) is 7.18. The van der Waals surface area contributed by atoms with Gasteiger partial charge in [-0.25, -0.2) is 4.79 Å². The first-order valence-corrected chi connectivity index (χ1v) is 5.44. The smallest absolute Gasteiger partial charge is 0.335 e. The first kappa shape index (κ1) is 14.8. The van der Waals surface area contributed by atoms with Crippen LogP contribution in [0.4, 0.5) is 0 Å². The molecular formula is C9H8Cl4O2. The Morgan fingerprint density at radius 2 is 1.60 bits per heavy atom. The van der Waals surface area contributed by atoms with Crippen LogP contribution in [0.25, 0.3) is 0 Å². The van der Waals surface area contributed by atoms with E-state index in [2.05, 4.69) is 0 Å². The van der Waals surface area contributed by atoms with Crippen molar-refractivity contribution in [3.8, 4) is 0 Å². The van der Waals surface area contributed by atoms with Gasteiger partial charge in [0.25, 0.3) is 0 Å². The van der Waals surface area contributed by atoms with Crippen LogP contribution in [-0.4, -0.2) is 20.7 Å². The zero-order chi connectivity index (χ0) is 11.9. The van der Waals surface area contributed by atoms with Crippen molar-refractivity contribution in [2.45, 2.75) is 3.79 Å². The van der Waals surface area contributed by atoms with Gasteiger partial charge in [-0.3, -0.25) is 0 Å². The molecule has 1 N–H and O–H groups in total. The third-order valence-corrected chi connectivity index (χ3v) is 2.38. The summed E-state index contributed by atoms with van der Waals surface area (Å²) in [4.78, 5) is 10.2. The number of carboxylic acid groups (broad SMARTS) is 1. The van der Waals surface area contributed by atoms with Gasteiger partial charge in [-0.2, -0.15) is 0 Å². The summed E-state index contributed by atoms with van der Waals surface area (Å²) in [7, 11) is 0. The van der Waals surface area contributed by atoms with E-state index >= 15 is 0 Å². The van der Waals surface area contributed by atoms with Crippen molar-refractivity contribution in [3.05, 3.63) is 35.9 Å². The van der Waals surface area contributed by atoms with Crippen molar-refractivity contribution in [3.63, 3.8) is 0 Å². The number of alkyl halides is 4. The average Bonchev–Trinajstić information content (AvgIpc) is 2.19. The zero-order valence-corrected chi connectivity index (χ0v) is 10.5. The summed E-state index contributed by atoms with van der Waals surface area (Å²) in [6.07, 6.45) is 0. The summed E-state index contributed by atoms with van der Waals surface area (Å²) >= 11 is 20.4. The van der Waals surface area contributed by atoms with Crippen LogP contribution < -0.4 is 0 Å². The fourth-order valence-corrected chi connectivity index (χ4v) is 0.581. The van der Waals surface area contributed by atoms with E-state index in [1.807, 2.05) is 0 Å². The minimum atomic E-state index is -1.28. The minimum absolute atomic E-state index is 0.0394. The molecule has 0 aliphatic carbocycles. The summed E-state index contributed by atoms with van der Waals surface area (Å²) in [6, 6.07) is 8.30. The van der Waals surface area contributed by atoms with Gasteiger partial charge in [0.05, 0.1) is 11.4 Å². The van der Waals surface area contributed by atoms with Crippen LogP contribution in [0, 0.1) is 0 Å². The van der Waals surface area contributed by atoms with Gasteiger partial charge in [-0.1, -0.05) is 53.0 Å². The highest BCUT2D eigenvalue weighted by Gasteiger charge is 2.16. The molecule has 2 nitrogen and oxygen atoms in total. The zero-order valence-electron chi connectivity index (χ0n) is 7.46. The second-order valence-electron chi connectivity index (χ2n) is 2.42. The van der Waals surface area contributed by atoms with E-state index in [1.165, 1.54) is 0 Å². The predicted octanol–water partition coefficient (Wildman–Crippen LogP) is 3.98. The van der Waals surface area contributed by atoms with Crippen LogP contribution >= 0.6 is 46.4 Å². The van der Waals surface area contributed by atoms with Crippen LogP contribution in [0.3, 0.4) is 0 Å². The van der Waals surface area contributed by atoms with Crippen molar-refractivity contribution in [2.75, 3.05) is 5.88 Å².